The average molecular weight is 175 g/mol. The molecule has 0 saturated heterocycles. The van der Waals surface area contributed by atoms with Gasteiger partial charge >= 0.3 is 0 Å². The zero-order valence-electron chi connectivity index (χ0n) is 9.15. The molecule has 0 bridgehead atoms. The highest BCUT2D eigenvalue weighted by Crippen LogP contribution is 1.96. The molecule has 3 heteroatoms. The second-order valence-electron chi connectivity index (χ2n) is 1.80. The first kappa shape index (κ1) is 17.5. The van der Waals surface area contributed by atoms with Gasteiger partial charge in [-0.1, -0.05) is 34.6 Å². The molecule has 76 valence electrons. The number of rotatable bonds is 3. The predicted octanol–water partition coefficient (Wildman–Crippen LogP) is 1.96. The quantitative estimate of drug-likeness (QED) is 0.453. The van der Waals surface area contributed by atoms with Crippen LogP contribution in [0.25, 0.3) is 0 Å². The molecule has 0 aromatic rings. The van der Waals surface area contributed by atoms with E-state index >= 15 is 0 Å². The minimum absolute atomic E-state index is 0.0926. The third-order valence-electron chi connectivity index (χ3n) is 1.22. The molecule has 0 heterocycles. The summed E-state index contributed by atoms with van der Waals surface area (Å²) in [5.41, 5.74) is 10.4. The lowest BCUT2D eigenvalue weighted by Crippen LogP contribution is -2.28. The van der Waals surface area contributed by atoms with Crippen LogP contribution in [-0.2, 0) is 0 Å². The predicted molar refractivity (Wildman–Crippen MR) is 57.4 cm³/mol. The monoisotopic (exact) mass is 175 g/mol. The van der Waals surface area contributed by atoms with Gasteiger partial charge in [-0.05, 0) is 6.42 Å². The molecule has 0 aromatic heterocycles. The molecule has 12 heavy (non-hydrogen) atoms. The van der Waals surface area contributed by atoms with Crippen LogP contribution < -0.4 is 11.5 Å². The largest absolute Gasteiger partial charge is 0.387 e. The molecule has 0 aromatic carbocycles. The zero-order chi connectivity index (χ0) is 10.6. The summed E-state index contributed by atoms with van der Waals surface area (Å²) in [5.74, 6) is 0.296. The molecule has 0 radical (unpaired) electrons. The van der Waals surface area contributed by atoms with E-state index in [9.17, 15) is 0 Å². The summed E-state index contributed by atoms with van der Waals surface area (Å²) in [6.07, 6.45) is 0.867. The van der Waals surface area contributed by atoms with Crippen molar-refractivity contribution in [1.29, 1.82) is 5.41 Å². The van der Waals surface area contributed by atoms with Crippen molar-refractivity contribution < 1.29 is 0 Å². The number of nitrogens with two attached hydrogens (primary N) is 2. The minimum atomic E-state index is 0.0926. The number of hydrogen-bond acceptors (Lipinski definition) is 2. The number of hydrogen-bond donors (Lipinski definition) is 3. The number of amidine groups is 1. The maximum atomic E-state index is 6.95. The highest BCUT2D eigenvalue weighted by molar-refractivity contribution is 5.79. The van der Waals surface area contributed by atoms with Crippen LogP contribution in [0.5, 0.6) is 0 Å². The summed E-state index contributed by atoms with van der Waals surface area (Å²) in [7, 11) is 0. The van der Waals surface area contributed by atoms with Crippen LogP contribution in [0.4, 0.5) is 0 Å². The van der Waals surface area contributed by atoms with E-state index in [4.69, 9.17) is 16.9 Å². The molecule has 5 N–H and O–H groups in total. The van der Waals surface area contributed by atoms with Gasteiger partial charge in [-0.3, -0.25) is 5.41 Å². The number of nitrogens with one attached hydrogen (secondary N) is 1. The second kappa shape index (κ2) is 16.8. The molecule has 1 unspecified atom stereocenters. The zero-order valence-corrected chi connectivity index (χ0v) is 9.15. The van der Waals surface area contributed by atoms with Crippen molar-refractivity contribution in [3.63, 3.8) is 0 Å². The maximum absolute atomic E-state index is 6.95. The van der Waals surface area contributed by atoms with Crippen molar-refractivity contribution >= 4 is 5.84 Å². The highest BCUT2D eigenvalue weighted by atomic mass is 14.7. The van der Waals surface area contributed by atoms with E-state index < -0.39 is 0 Å². The van der Waals surface area contributed by atoms with E-state index in [1.165, 1.54) is 0 Å². The van der Waals surface area contributed by atoms with Crippen LogP contribution >= 0.6 is 0 Å². The van der Waals surface area contributed by atoms with Crippen molar-refractivity contribution in [1.82, 2.24) is 0 Å². The normalized spacial score (nSPS) is 9.83. The van der Waals surface area contributed by atoms with Crippen LogP contribution in [-0.4, -0.2) is 12.4 Å². The Morgan fingerprint density at radius 3 is 1.58 bits per heavy atom. The van der Waals surface area contributed by atoms with Crippen molar-refractivity contribution in [2.45, 2.75) is 41.0 Å². The van der Waals surface area contributed by atoms with Crippen LogP contribution in [0.2, 0.25) is 0 Å². The lowest BCUT2D eigenvalue weighted by Gasteiger charge is -2.07. The molecule has 0 rings (SSSR count). The summed E-state index contributed by atoms with van der Waals surface area (Å²) in [6.45, 7) is 10.5. The fraction of sp³-hybridized carbons (Fsp3) is 0.889. The lowest BCUT2D eigenvalue weighted by molar-refractivity contribution is 0.668. The molecular weight excluding hydrogens is 150 g/mol. The SMILES string of the molecule is CC.CC.CCC(CN)C(=N)N. The molecule has 1 atom stereocenters. The van der Waals surface area contributed by atoms with Crippen molar-refractivity contribution in [2.75, 3.05) is 6.54 Å². The van der Waals surface area contributed by atoms with E-state index in [1.807, 2.05) is 34.6 Å². The fourth-order valence-electron chi connectivity index (χ4n) is 0.514. The van der Waals surface area contributed by atoms with E-state index in [-0.39, 0.29) is 11.8 Å². The van der Waals surface area contributed by atoms with Gasteiger partial charge in [-0.25, -0.2) is 0 Å². The molecule has 0 spiro atoms. The van der Waals surface area contributed by atoms with Gasteiger partial charge in [-0.2, -0.15) is 0 Å². The second-order valence-corrected chi connectivity index (χ2v) is 1.80. The highest BCUT2D eigenvalue weighted by Gasteiger charge is 2.04. The minimum Gasteiger partial charge on any atom is -0.387 e. The third-order valence-corrected chi connectivity index (χ3v) is 1.22. The first-order chi connectivity index (χ1) is 5.72. The van der Waals surface area contributed by atoms with Gasteiger partial charge in [0.25, 0.3) is 0 Å². The summed E-state index contributed by atoms with van der Waals surface area (Å²) in [6, 6.07) is 0. The summed E-state index contributed by atoms with van der Waals surface area (Å²) >= 11 is 0. The lowest BCUT2D eigenvalue weighted by atomic mass is 10.1. The average Bonchev–Trinajstić information content (AvgIpc) is 2.13. The van der Waals surface area contributed by atoms with Crippen molar-refractivity contribution in [3.8, 4) is 0 Å². The van der Waals surface area contributed by atoms with E-state index in [2.05, 4.69) is 0 Å². The van der Waals surface area contributed by atoms with Gasteiger partial charge < -0.3 is 11.5 Å². The Kier molecular flexibility index (Phi) is 24.5. The topological polar surface area (TPSA) is 75.9 Å². The van der Waals surface area contributed by atoms with Crippen molar-refractivity contribution in [2.24, 2.45) is 17.4 Å². The third kappa shape index (κ3) is 12.1. The van der Waals surface area contributed by atoms with Crippen LogP contribution in [0.1, 0.15) is 41.0 Å². The Morgan fingerprint density at radius 2 is 1.58 bits per heavy atom. The molecule has 0 fully saturated rings. The Labute approximate surface area is 77.0 Å². The molecule has 0 aliphatic carbocycles. The summed E-state index contributed by atoms with van der Waals surface area (Å²) in [4.78, 5) is 0. The van der Waals surface area contributed by atoms with E-state index in [1.54, 1.807) is 0 Å². The molecule has 0 aliphatic heterocycles. The van der Waals surface area contributed by atoms with Gasteiger partial charge in [0.05, 0.1) is 5.84 Å². The summed E-state index contributed by atoms with van der Waals surface area (Å²) in [5, 5.41) is 6.95. The van der Waals surface area contributed by atoms with Crippen LogP contribution in [0.3, 0.4) is 0 Å². The first-order valence-corrected chi connectivity index (χ1v) is 4.76. The fourth-order valence-corrected chi connectivity index (χ4v) is 0.514. The Bertz CT molecular complexity index is 77.8. The molecule has 0 saturated carbocycles. The standard InChI is InChI=1S/C5H13N3.2C2H6/c1-2-4(3-6)5(7)8;2*1-2/h4H,2-3,6H2,1H3,(H3,7,8);2*1-2H3. The van der Waals surface area contributed by atoms with Gasteiger partial charge in [-0.15, -0.1) is 0 Å². The molecular formula is C9H25N3. The van der Waals surface area contributed by atoms with Crippen LogP contribution in [0.15, 0.2) is 0 Å². The molecule has 0 amide bonds. The Balaban J connectivity index is -0.000000175. The smallest absolute Gasteiger partial charge is 0.0949 e. The van der Waals surface area contributed by atoms with E-state index in [0.29, 0.717) is 6.54 Å². The molecule has 0 aliphatic rings. The van der Waals surface area contributed by atoms with Gasteiger partial charge in [0, 0.05) is 12.5 Å². The van der Waals surface area contributed by atoms with Gasteiger partial charge in [0.1, 0.15) is 0 Å². The van der Waals surface area contributed by atoms with Gasteiger partial charge in [0.2, 0.25) is 0 Å². The van der Waals surface area contributed by atoms with Crippen LogP contribution in [0, 0.1) is 11.3 Å². The Hall–Kier alpha value is -0.570. The molecule has 3 nitrogen and oxygen atoms in total. The van der Waals surface area contributed by atoms with Crippen molar-refractivity contribution in [3.05, 3.63) is 0 Å². The van der Waals surface area contributed by atoms with Gasteiger partial charge in [0.15, 0.2) is 0 Å². The van der Waals surface area contributed by atoms with E-state index in [0.717, 1.165) is 6.42 Å². The summed E-state index contributed by atoms with van der Waals surface area (Å²) < 4.78 is 0. The Morgan fingerprint density at radius 1 is 1.25 bits per heavy atom. The first-order valence-electron chi connectivity index (χ1n) is 4.76. The maximum Gasteiger partial charge on any atom is 0.0949 e.